The smallest absolute Gasteiger partial charge is 0.230 e. The first-order valence-electron chi connectivity index (χ1n) is 6.09. The lowest BCUT2D eigenvalue weighted by Crippen LogP contribution is -2.42. The fourth-order valence-corrected chi connectivity index (χ4v) is 3.04. The second kappa shape index (κ2) is 5.88. The van der Waals surface area contributed by atoms with E-state index in [0.717, 1.165) is 25.9 Å². The predicted octanol–water partition coefficient (Wildman–Crippen LogP) is 3.98. The molecule has 104 valence electrons. The highest BCUT2D eigenvalue weighted by Gasteiger charge is 2.35. The summed E-state index contributed by atoms with van der Waals surface area (Å²) < 4.78 is 0. The zero-order valence-corrected chi connectivity index (χ0v) is 12.8. The van der Waals surface area contributed by atoms with Crippen molar-refractivity contribution in [3.63, 3.8) is 0 Å². The van der Waals surface area contributed by atoms with Gasteiger partial charge in [0.15, 0.2) is 0 Å². The first-order valence-corrected chi connectivity index (χ1v) is 7.22. The molecule has 0 aliphatic carbocycles. The molecule has 1 fully saturated rings. The molecule has 1 aromatic carbocycles. The Kier molecular flexibility index (Phi) is 4.62. The van der Waals surface area contributed by atoms with E-state index in [0.29, 0.717) is 20.8 Å². The van der Waals surface area contributed by atoms with Gasteiger partial charge in [-0.2, -0.15) is 0 Å². The van der Waals surface area contributed by atoms with Gasteiger partial charge < -0.3 is 10.6 Å². The van der Waals surface area contributed by atoms with E-state index >= 15 is 0 Å². The van der Waals surface area contributed by atoms with E-state index in [9.17, 15) is 4.79 Å². The van der Waals surface area contributed by atoms with Crippen LogP contribution in [0.4, 0.5) is 5.69 Å². The van der Waals surface area contributed by atoms with Crippen LogP contribution >= 0.6 is 34.8 Å². The number of anilines is 1. The number of amides is 1. The van der Waals surface area contributed by atoms with Crippen molar-refractivity contribution in [3.8, 4) is 0 Å². The number of piperidine rings is 1. The number of rotatable bonds is 2. The van der Waals surface area contributed by atoms with Crippen molar-refractivity contribution in [3.05, 3.63) is 27.2 Å². The highest BCUT2D eigenvalue weighted by atomic mass is 35.5. The maximum atomic E-state index is 12.4. The average molecular weight is 322 g/mol. The Morgan fingerprint density at radius 3 is 2.26 bits per heavy atom. The SMILES string of the molecule is CC1(C(=O)Nc2c(Cl)cc(Cl)cc2Cl)CCNCC1. The summed E-state index contributed by atoms with van der Waals surface area (Å²) in [5.74, 6) is -0.0554. The molecule has 1 amide bonds. The first-order chi connectivity index (χ1) is 8.92. The third kappa shape index (κ3) is 3.34. The second-order valence-corrected chi connectivity index (χ2v) is 6.26. The summed E-state index contributed by atoms with van der Waals surface area (Å²) >= 11 is 18.0. The van der Waals surface area contributed by atoms with Crippen LogP contribution in [-0.2, 0) is 4.79 Å². The number of halogens is 3. The standard InChI is InChI=1S/C13H15Cl3N2O/c1-13(2-4-17-5-3-13)12(19)18-11-9(15)6-8(14)7-10(11)16/h6-7,17H,2-5H2,1H3,(H,18,19). The maximum Gasteiger partial charge on any atom is 0.230 e. The molecule has 1 aromatic rings. The van der Waals surface area contributed by atoms with Crippen molar-refractivity contribution in [1.82, 2.24) is 5.32 Å². The van der Waals surface area contributed by atoms with Crippen LogP contribution in [0.15, 0.2) is 12.1 Å². The minimum atomic E-state index is -0.391. The van der Waals surface area contributed by atoms with Crippen molar-refractivity contribution in [2.45, 2.75) is 19.8 Å². The summed E-state index contributed by atoms with van der Waals surface area (Å²) in [5.41, 5.74) is 0.0369. The van der Waals surface area contributed by atoms with Gasteiger partial charge in [-0.15, -0.1) is 0 Å². The van der Waals surface area contributed by atoms with Gasteiger partial charge in [-0.3, -0.25) is 4.79 Å². The topological polar surface area (TPSA) is 41.1 Å². The minimum Gasteiger partial charge on any atom is -0.323 e. The highest BCUT2D eigenvalue weighted by Crippen LogP contribution is 2.36. The van der Waals surface area contributed by atoms with Crippen LogP contribution in [0, 0.1) is 5.41 Å². The summed E-state index contributed by atoms with van der Waals surface area (Å²) in [5, 5.41) is 7.21. The quantitative estimate of drug-likeness (QED) is 0.865. The maximum absolute atomic E-state index is 12.4. The molecule has 0 bridgehead atoms. The molecular weight excluding hydrogens is 307 g/mol. The Morgan fingerprint density at radius 2 is 1.74 bits per heavy atom. The zero-order chi connectivity index (χ0) is 14.0. The van der Waals surface area contributed by atoms with Gasteiger partial charge in [0.05, 0.1) is 15.7 Å². The molecule has 1 heterocycles. The summed E-state index contributed by atoms with van der Waals surface area (Å²) in [7, 11) is 0. The van der Waals surface area contributed by atoms with Crippen LogP contribution in [-0.4, -0.2) is 19.0 Å². The van der Waals surface area contributed by atoms with Gasteiger partial charge in [-0.25, -0.2) is 0 Å². The molecule has 19 heavy (non-hydrogen) atoms. The normalized spacial score (nSPS) is 18.1. The minimum absolute atomic E-state index is 0.0554. The Morgan fingerprint density at radius 1 is 1.21 bits per heavy atom. The summed E-state index contributed by atoms with van der Waals surface area (Å²) in [6.45, 7) is 3.64. The van der Waals surface area contributed by atoms with E-state index in [-0.39, 0.29) is 5.91 Å². The van der Waals surface area contributed by atoms with E-state index in [1.165, 1.54) is 0 Å². The molecule has 1 aliphatic heterocycles. The number of hydrogen-bond donors (Lipinski definition) is 2. The zero-order valence-electron chi connectivity index (χ0n) is 10.5. The van der Waals surface area contributed by atoms with Crippen LogP contribution in [0.1, 0.15) is 19.8 Å². The Hall–Kier alpha value is -0.480. The lowest BCUT2D eigenvalue weighted by atomic mass is 9.80. The predicted molar refractivity (Wildman–Crippen MR) is 80.3 cm³/mol. The van der Waals surface area contributed by atoms with Crippen LogP contribution in [0.3, 0.4) is 0 Å². The third-order valence-electron chi connectivity index (χ3n) is 3.50. The lowest BCUT2D eigenvalue weighted by Gasteiger charge is -2.32. The molecular formula is C13H15Cl3N2O. The monoisotopic (exact) mass is 320 g/mol. The van der Waals surface area contributed by atoms with E-state index < -0.39 is 5.41 Å². The van der Waals surface area contributed by atoms with Crippen molar-refractivity contribution >= 4 is 46.4 Å². The summed E-state index contributed by atoms with van der Waals surface area (Å²) in [6.07, 6.45) is 1.59. The second-order valence-electron chi connectivity index (χ2n) is 5.01. The molecule has 0 atom stereocenters. The first kappa shape index (κ1) is 14.9. The number of hydrogen-bond acceptors (Lipinski definition) is 2. The number of carbonyl (C=O) groups is 1. The lowest BCUT2D eigenvalue weighted by molar-refractivity contribution is -0.126. The largest absolute Gasteiger partial charge is 0.323 e. The number of carbonyl (C=O) groups excluding carboxylic acids is 1. The van der Waals surface area contributed by atoms with Crippen molar-refractivity contribution in [2.24, 2.45) is 5.41 Å². The molecule has 1 saturated heterocycles. The van der Waals surface area contributed by atoms with Gasteiger partial charge in [0.25, 0.3) is 0 Å². The molecule has 0 saturated carbocycles. The van der Waals surface area contributed by atoms with Gasteiger partial charge >= 0.3 is 0 Å². The van der Waals surface area contributed by atoms with Gasteiger partial charge in [-0.05, 0) is 38.1 Å². The fraction of sp³-hybridized carbons (Fsp3) is 0.462. The highest BCUT2D eigenvalue weighted by molar-refractivity contribution is 6.42. The van der Waals surface area contributed by atoms with Gasteiger partial charge in [0, 0.05) is 10.4 Å². The Bertz CT molecular complexity index is 476. The van der Waals surface area contributed by atoms with E-state index in [1.807, 2.05) is 6.92 Å². The van der Waals surface area contributed by atoms with Crippen LogP contribution in [0.5, 0.6) is 0 Å². The molecule has 2 N–H and O–H groups in total. The summed E-state index contributed by atoms with van der Waals surface area (Å²) in [6, 6.07) is 3.13. The molecule has 3 nitrogen and oxygen atoms in total. The fourth-order valence-electron chi connectivity index (χ4n) is 2.13. The molecule has 6 heteroatoms. The molecule has 1 aliphatic rings. The van der Waals surface area contributed by atoms with Crippen LogP contribution in [0.25, 0.3) is 0 Å². The number of benzene rings is 1. The molecule has 0 spiro atoms. The summed E-state index contributed by atoms with van der Waals surface area (Å²) in [4.78, 5) is 12.4. The van der Waals surface area contributed by atoms with Crippen LogP contribution < -0.4 is 10.6 Å². The third-order valence-corrected chi connectivity index (χ3v) is 4.32. The number of nitrogens with one attached hydrogen (secondary N) is 2. The molecule has 0 aromatic heterocycles. The van der Waals surface area contributed by atoms with Crippen molar-refractivity contribution in [1.29, 1.82) is 0 Å². The average Bonchev–Trinajstić information content (AvgIpc) is 2.34. The van der Waals surface area contributed by atoms with Crippen molar-refractivity contribution in [2.75, 3.05) is 18.4 Å². The molecule has 0 unspecified atom stereocenters. The molecule has 0 radical (unpaired) electrons. The van der Waals surface area contributed by atoms with E-state index in [4.69, 9.17) is 34.8 Å². The van der Waals surface area contributed by atoms with Gasteiger partial charge in [0.2, 0.25) is 5.91 Å². The molecule has 2 rings (SSSR count). The Balaban J connectivity index is 2.19. The van der Waals surface area contributed by atoms with Gasteiger partial charge in [-0.1, -0.05) is 41.7 Å². The van der Waals surface area contributed by atoms with Crippen LogP contribution in [0.2, 0.25) is 15.1 Å². The van der Waals surface area contributed by atoms with Crippen molar-refractivity contribution < 1.29 is 4.79 Å². The Labute approximate surface area is 127 Å². The van der Waals surface area contributed by atoms with E-state index in [1.54, 1.807) is 12.1 Å². The van der Waals surface area contributed by atoms with Gasteiger partial charge in [0.1, 0.15) is 0 Å². The van der Waals surface area contributed by atoms with E-state index in [2.05, 4.69) is 10.6 Å².